The number of nitrogens with zero attached hydrogens (tertiary/aromatic N) is 8. The van der Waals surface area contributed by atoms with Crippen molar-refractivity contribution in [1.29, 1.82) is 0 Å². The molecule has 0 unspecified atom stereocenters. The maximum absolute atomic E-state index is 11.4. The van der Waals surface area contributed by atoms with E-state index >= 15 is 0 Å². The Hall–Kier alpha value is -4.66. The number of hydrogen-bond donors (Lipinski definition) is 0. The Labute approximate surface area is 206 Å². The van der Waals surface area contributed by atoms with Gasteiger partial charge in [-0.05, 0) is 51.7 Å². The van der Waals surface area contributed by atoms with Crippen molar-refractivity contribution < 1.29 is 9.85 Å². The largest absolute Gasteiger partial charge is 0.296 e. The number of rotatable bonds is 8. The molecule has 2 aromatic heterocycles. The molecule has 0 aliphatic rings. The Morgan fingerprint density at radius 1 is 0.722 bits per heavy atom. The van der Waals surface area contributed by atoms with E-state index in [4.69, 9.17) is 0 Å². The average molecular weight is 491 g/mol. The number of aromatic nitrogens is 4. The predicted molar refractivity (Wildman–Crippen MR) is 137 cm³/mol. The molecule has 0 bridgehead atoms. The molecule has 4 aromatic rings. The lowest BCUT2D eigenvalue weighted by Gasteiger charge is -2.22. The van der Waals surface area contributed by atoms with Crippen LogP contribution >= 0.6 is 0 Å². The minimum atomic E-state index is -0.451. The molecule has 0 radical (unpaired) electrons. The lowest BCUT2D eigenvalue weighted by Crippen LogP contribution is -2.36. The van der Waals surface area contributed by atoms with Gasteiger partial charge in [-0.3, -0.25) is 30.2 Å². The van der Waals surface area contributed by atoms with Gasteiger partial charge in [-0.1, -0.05) is 0 Å². The van der Waals surface area contributed by atoms with Gasteiger partial charge in [-0.2, -0.15) is 19.8 Å². The zero-order valence-corrected chi connectivity index (χ0v) is 20.5. The fraction of sp³-hybridized carbons (Fsp3) is 0.333. The average Bonchev–Trinajstić information content (AvgIpc) is 3.41. The molecule has 0 spiro atoms. The molecule has 0 saturated heterocycles. The van der Waals surface area contributed by atoms with Gasteiger partial charge in [0.2, 0.25) is 0 Å². The molecule has 0 fully saturated rings. The first-order valence-electron chi connectivity index (χ1n) is 11.7. The van der Waals surface area contributed by atoms with Crippen LogP contribution in [0.2, 0.25) is 0 Å². The third-order valence-corrected chi connectivity index (χ3v) is 5.99. The highest BCUT2D eigenvalue weighted by atomic mass is 16.6. The smallest absolute Gasteiger partial charge is 0.270 e. The first-order valence-corrected chi connectivity index (χ1v) is 11.7. The molecule has 0 N–H and O–H groups in total. The van der Waals surface area contributed by atoms with Crippen LogP contribution in [0.1, 0.15) is 39.1 Å². The minimum absolute atomic E-state index is 0.0566. The first kappa shape index (κ1) is 24.5. The van der Waals surface area contributed by atoms with Crippen molar-refractivity contribution in [3.8, 4) is 11.8 Å². The van der Waals surface area contributed by atoms with Crippen LogP contribution in [0.15, 0.2) is 36.4 Å². The molecular formula is C24H26N8O4. The quantitative estimate of drug-likeness (QED) is 0.208. The highest BCUT2D eigenvalue weighted by molar-refractivity contribution is 5.89. The van der Waals surface area contributed by atoms with E-state index in [0.717, 1.165) is 0 Å². The molecule has 186 valence electrons. The zero-order chi connectivity index (χ0) is 26.0. The topological polar surface area (TPSA) is 128 Å². The second kappa shape index (κ2) is 9.91. The van der Waals surface area contributed by atoms with Gasteiger partial charge in [0.1, 0.15) is 11.4 Å². The third-order valence-electron chi connectivity index (χ3n) is 5.99. The second-order valence-corrected chi connectivity index (χ2v) is 7.92. The van der Waals surface area contributed by atoms with Crippen LogP contribution in [-0.4, -0.2) is 55.8 Å². The van der Waals surface area contributed by atoms with Gasteiger partial charge in [-0.15, -0.1) is 0 Å². The molecule has 0 aliphatic carbocycles. The van der Waals surface area contributed by atoms with Crippen LogP contribution in [0.4, 0.5) is 11.4 Å². The number of benzene rings is 2. The Bertz CT molecular complexity index is 1410. The summed E-state index contributed by atoms with van der Waals surface area (Å²) in [6.45, 7) is 10.5. The van der Waals surface area contributed by atoms with Gasteiger partial charge in [0.05, 0.1) is 20.9 Å². The summed E-state index contributed by atoms with van der Waals surface area (Å²) in [6, 6.07) is 8.99. The molecule has 2 heterocycles. The van der Waals surface area contributed by atoms with Crippen LogP contribution in [0.25, 0.3) is 21.8 Å². The van der Waals surface area contributed by atoms with E-state index in [2.05, 4.69) is 22.0 Å². The van der Waals surface area contributed by atoms with Crippen molar-refractivity contribution in [2.75, 3.05) is 36.2 Å². The first-order chi connectivity index (χ1) is 17.3. The van der Waals surface area contributed by atoms with Crippen LogP contribution < -0.4 is 10.0 Å². The minimum Gasteiger partial charge on any atom is -0.296 e. The SMILES string of the molecule is CCN(CC)n1nc2ccc([N+](=O)[O-])cc2c1C#Cc1c2cc([N+](=O)[O-])ccc2nn1N(CC)CC. The van der Waals surface area contributed by atoms with Crippen molar-refractivity contribution in [2.24, 2.45) is 0 Å². The van der Waals surface area contributed by atoms with Crippen LogP contribution in [0.3, 0.4) is 0 Å². The molecule has 4 rings (SSSR count). The lowest BCUT2D eigenvalue weighted by molar-refractivity contribution is -0.384. The van der Waals surface area contributed by atoms with Gasteiger partial charge in [0.15, 0.2) is 0 Å². The summed E-state index contributed by atoms with van der Waals surface area (Å²) in [5, 5.41) is 37.2. The second-order valence-electron chi connectivity index (χ2n) is 7.92. The zero-order valence-electron chi connectivity index (χ0n) is 20.5. The highest BCUT2D eigenvalue weighted by Crippen LogP contribution is 2.26. The van der Waals surface area contributed by atoms with Gasteiger partial charge in [-0.25, -0.2) is 0 Å². The Balaban J connectivity index is 2.01. The lowest BCUT2D eigenvalue weighted by atomic mass is 10.1. The number of fused-ring (bicyclic) bond motifs is 2. The number of nitro groups is 2. The molecule has 12 nitrogen and oxygen atoms in total. The molecule has 36 heavy (non-hydrogen) atoms. The molecule has 0 amide bonds. The summed E-state index contributed by atoms with van der Waals surface area (Å²) in [7, 11) is 0. The monoisotopic (exact) mass is 490 g/mol. The maximum atomic E-state index is 11.4. The number of hydrogen-bond acceptors (Lipinski definition) is 8. The van der Waals surface area contributed by atoms with E-state index in [9.17, 15) is 20.2 Å². The fourth-order valence-corrected chi connectivity index (χ4v) is 4.09. The van der Waals surface area contributed by atoms with Gasteiger partial charge in [0, 0.05) is 61.2 Å². The van der Waals surface area contributed by atoms with E-state index in [-0.39, 0.29) is 11.4 Å². The molecule has 0 saturated carbocycles. The fourth-order valence-electron chi connectivity index (χ4n) is 4.09. The molecular weight excluding hydrogens is 464 g/mol. The van der Waals surface area contributed by atoms with Crippen LogP contribution in [0, 0.1) is 32.1 Å². The normalized spacial score (nSPS) is 10.9. The predicted octanol–water partition coefficient (Wildman–Crippen LogP) is 3.56. The van der Waals surface area contributed by atoms with Crippen molar-refractivity contribution >= 4 is 33.2 Å². The molecule has 12 heteroatoms. The van der Waals surface area contributed by atoms with Crippen molar-refractivity contribution in [1.82, 2.24) is 19.8 Å². The number of non-ortho nitro benzene ring substituents is 2. The van der Waals surface area contributed by atoms with Gasteiger partial charge < -0.3 is 0 Å². The van der Waals surface area contributed by atoms with E-state index in [1.165, 1.54) is 24.3 Å². The standard InChI is InChI=1S/C24H26N8O4/c1-5-27(6-2)29-23(19-15-17(31(33)34)9-11-21(19)25-29)13-14-24-20-16-18(32(35)36)10-12-22(20)26-30(24)28(7-3)8-4/h9-12,15-16H,5-8H2,1-4H3. The summed E-state index contributed by atoms with van der Waals surface area (Å²) in [4.78, 5) is 25.3. The van der Waals surface area contributed by atoms with Crippen molar-refractivity contribution in [3.63, 3.8) is 0 Å². The summed E-state index contributed by atoms with van der Waals surface area (Å²) in [5.41, 5.74) is 2.02. The third kappa shape index (κ3) is 4.26. The Morgan fingerprint density at radius 3 is 1.39 bits per heavy atom. The molecule has 0 atom stereocenters. The summed E-state index contributed by atoms with van der Waals surface area (Å²) < 4.78 is 0. The van der Waals surface area contributed by atoms with E-state index in [1.807, 2.05) is 37.7 Å². The Morgan fingerprint density at radius 2 is 1.08 bits per heavy atom. The van der Waals surface area contributed by atoms with Crippen LogP contribution in [-0.2, 0) is 0 Å². The summed E-state index contributed by atoms with van der Waals surface area (Å²) >= 11 is 0. The molecule has 0 aliphatic heterocycles. The van der Waals surface area contributed by atoms with Gasteiger partial charge >= 0.3 is 0 Å². The van der Waals surface area contributed by atoms with Crippen LogP contribution in [0.5, 0.6) is 0 Å². The van der Waals surface area contributed by atoms with E-state index in [0.29, 0.717) is 59.4 Å². The van der Waals surface area contributed by atoms with Gasteiger partial charge in [0.25, 0.3) is 11.4 Å². The van der Waals surface area contributed by atoms with Crippen molar-refractivity contribution in [2.45, 2.75) is 27.7 Å². The maximum Gasteiger partial charge on any atom is 0.270 e. The van der Waals surface area contributed by atoms with E-state index in [1.54, 1.807) is 21.7 Å². The Kier molecular flexibility index (Phi) is 6.73. The summed E-state index contributed by atoms with van der Waals surface area (Å²) in [6.07, 6.45) is 0. The number of nitro benzene ring substituents is 2. The summed E-state index contributed by atoms with van der Waals surface area (Å²) in [5.74, 6) is 6.33. The van der Waals surface area contributed by atoms with E-state index < -0.39 is 9.85 Å². The van der Waals surface area contributed by atoms with Crippen molar-refractivity contribution in [3.05, 3.63) is 68.0 Å². The molecule has 2 aromatic carbocycles. The highest BCUT2D eigenvalue weighted by Gasteiger charge is 2.19.